The third-order valence-corrected chi connectivity index (χ3v) is 2.51. The number of nitrogen functional groups attached to an aromatic ring is 1. The minimum Gasteiger partial charge on any atom is -0.382 e. The first kappa shape index (κ1) is 8.68. The third-order valence-electron chi connectivity index (χ3n) is 2.51. The highest BCUT2D eigenvalue weighted by atomic mass is 15.0. The number of nitrogens with two attached hydrogens (primary N) is 1. The number of benzene rings is 1. The van der Waals surface area contributed by atoms with Gasteiger partial charge in [-0.3, -0.25) is 4.40 Å². The lowest BCUT2D eigenvalue weighted by atomic mass is 10.2. The van der Waals surface area contributed by atoms with E-state index < -0.39 is 0 Å². The highest BCUT2D eigenvalue weighted by Gasteiger charge is 2.06. The molecule has 0 bridgehead atoms. The van der Waals surface area contributed by atoms with Gasteiger partial charge in [-0.25, -0.2) is 9.97 Å². The minimum atomic E-state index is 0.417. The normalized spacial score (nSPS) is 10.7. The summed E-state index contributed by atoms with van der Waals surface area (Å²) in [5.41, 5.74) is 8.73. The van der Waals surface area contributed by atoms with Gasteiger partial charge in [0, 0.05) is 0 Å². The summed E-state index contributed by atoms with van der Waals surface area (Å²) in [4.78, 5) is 8.28. The Kier molecular flexibility index (Phi) is 1.59. The molecule has 0 fully saturated rings. The van der Waals surface area contributed by atoms with Crippen molar-refractivity contribution in [1.29, 1.82) is 5.26 Å². The molecule has 3 aromatic rings. The predicted molar refractivity (Wildman–Crippen MR) is 59.6 cm³/mol. The third kappa shape index (κ3) is 1.04. The molecular weight excluding hydrogens is 202 g/mol. The zero-order valence-electron chi connectivity index (χ0n) is 8.25. The standard InChI is InChI=1S/C11H7N5/c12-4-7-1-2-9-8(3-7)15-11(13)10-5-14-6-16(9)10/h1-3,5-6H,(H2,13,15). The van der Waals surface area contributed by atoms with E-state index in [0.29, 0.717) is 16.9 Å². The lowest BCUT2D eigenvalue weighted by Gasteiger charge is -2.03. The van der Waals surface area contributed by atoms with Crippen molar-refractivity contribution in [1.82, 2.24) is 14.4 Å². The minimum absolute atomic E-state index is 0.417. The largest absolute Gasteiger partial charge is 0.382 e. The van der Waals surface area contributed by atoms with Crippen LogP contribution >= 0.6 is 0 Å². The number of aromatic nitrogens is 3. The smallest absolute Gasteiger partial charge is 0.150 e. The SMILES string of the molecule is N#Cc1ccc2c(c1)nc(N)c1cncn12. The summed E-state index contributed by atoms with van der Waals surface area (Å²) < 4.78 is 1.86. The number of hydrogen-bond acceptors (Lipinski definition) is 4. The number of nitrogens with zero attached hydrogens (tertiary/aromatic N) is 4. The monoisotopic (exact) mass is 209 g/mol. The average Bonchev–Trinajstić information content (AvgIpc) is 2.78. The Bertz CT molecular complexity index is 735. The summed E-state index contributed by atoms with van der Waals surface area (Å²) >= 11 is 0. The maximum Gasteiger partial charge on any atom is 0.150 e. The van der Waals surface area contributed by atoms with Crippen molar-refractivity contribution in [2.75, 3.05) is 5.73 Å². The summed E-state index contributed by atoms with van der Waals surface area (Å²) in [5, 5.41) is 8.81. The second-order valence-electron chi connectivity index (χ2n) is 3.46. The Balaban J connectivity index is 2.54. The van der Waals surface area contributed by atoms with Crippen molar-refractivity contribution < 1.29 is 0 Å². The lowest BCUT2D eigenvalue weighted by molar-refractivity contribution is 1.19. The molecule has 76 valence electrons. The fourth-order valence-corrected chi connectivity index (χ4v) is 1.75. The van der Waals surface area contributed by atoms with Gasteiger partial charge in [0.1, 0.15) is 11.3 Å². The van der Waals surface area contributed by atoms with Crippen LogP contribution in [-0.2, 0) is 0 Å². The Labute approximate surface area is 90.8 Å². The fraction of sp³-hybridized carbons (Fsp3) is 0. The molecule has 0 aliphatic carbocycles. The quantitative estimate of drug-likeness (QED) is 0.605. The van der Waals surface area contributed by atoms with E-state index in [1.807, 2.05) is 10.5 Å². The molecule has 0 saturated carbocycles. The van der Waals surface area contributed by atoms with E-state index in [9.17, 15) is 0 Å². The average molecular weight is 209 g/mol. The Hall–Kier alpha value is -2.61. The van der Waals surface area contributed by atoms with Crippen molar-refractivity contribution in [3.05, 3.63) is 36.3 Å². The van der Waals surface area contributed by atoms with Crippen LogP contribution in [0.15, 0.2) is 30.7 Å². The number of nitriles is 1. The molecule has 3 rings (SSSR count). The molecule has 2 aromatic heterocycles. The Morgan fingerprint density at radius 2 is 2.19 bits per heavy atom. The Morgan fingerprint density at radius 1 is 1.31 bits per heavy atom. The molecule has 2 N–H and O–H groups in total. The van der Waals surface area contributed by atoms with E-state index in [2.05, 4.69) is 16.0 Å². The van der Waals surface area contributed by atoms with Crippen LogP contribution in [0.3, 0.4) is 0 Å². The molecule has 0 spiro atoms. The van der Waals surface area contributed by atoms with Crippen molar-refractivity contribution in [2.45, 2.75) is 0 Å². The van der Waals surface area contributed by atoms with Gasteiger partial charge >= 0.3 is 0 Å². The van der Waals surface area contributed by atoms with Gasteiger partial charge in [-0.2, -0.15) is 5.26 Å². The molecule has 0 saturated heterocycles. The molecule has 2 heterocycles. The molecule has 0 amide bonds. The molecule has 5 nitrogen and oxygen atoms in total. The summed E-state index contributed by atoms with van der Waals surface area (Å²) in [7, 11) is 0. The van der Waals surface area contributed by atoms with Gasteiger partial charge in [0.25, 0.3) is 0 Å². The van der Waals surface area contributed by atoms with Crippen molar-refractivity contribution >= 4 is 22.4 Å². The van der Waals surface area contributed by atoms with Gasteiger partial charge < -0.3 is 5.73 Å². The van der Waals surface area contributed by atoms with E-state index in [1.54, 1.807) is 24.7 Å². The topological polar surface area (TPSA) is 80.0 Å². The predicted octanol–water partition coefficient (Wildman–Crippen LogP) is 1.34. The van der Waals surface area contributed by atoms with E-state index in [-0.39, 0.29) is 0 Å². The van der Waals surface area contributed by atoms with Gasteiger partial charge in [0.15, 0.2) is 0 Å². The van der Waals surface area contributed by atoms with Crippen LogP contribution < -0.4 is 5.73 Å². The van der Waals surface area contributed by atoms with Crippen LogP contribution in [0.2, 0.25) is 0 Å². The zero-order chi connectivity index (χ0) is 11.1. The molecular formula is C11H7N5. The number of anilines is 1. The highest BCUT2D eigenvalue weighted by molar-refractivity contribution is 5.84. The molecule has 0 radical (unpaired) electrons. The molecule has 16 heavy (non-hydrogen) atoms. The van der Waals surface area contributed by atoms with Gasteiger partial charge in [-0.1, -0.05) is 0 Å². The first-order valence-corrected chi connectivity index (χ1v) is 4.71. The van der Waals surface area contributed by atoms with Gasteiger partial charge in [-0.05, 0) is 18.2 Å². The first-order chi connectivity index (χ1) is 7.79. The van der Waals surface area contributed by atoms with E-state index in [1.165, 1.54) is 0 Å². The van der Waals surface area contributed by atoms with E-state index >= 15 is 0 Å². The van der Waals surface area contributed by atoms with Crippen LogP contribution in [0.5, 0.6) is 0 Å². The second kappa shape index (κ2) is 2.94. The fourth-order valence-electron chi connectivity index (χ4n) is 1.75. The van der Waals surface area contributed by atoms with Crippen LogP contribution in [-0.4, -0.2) is 14.4 Å². The summed E-state index contributed by atoms with van der Waals surface area (Å²) in [5.74, 6) is 0.417. The number of rotatable bonds is 0. The lowest BCUT2D eigenvalue weighted by Crippen LogP contribution is -1.97. The van der Waals surface area contributed by atoms with Gasteiger partial charge in [0.05, 0.1) is 35.2 Å². The van der Waals surface area contributed by atoms with Crippen molar-refractivity contribution in [3.63, 3.8) is 0 Å². The molecule has 0 atom stereocenters. The van der Waals surface area contributed by atoms with Crippen LogP contribution in [0.4, 0.5) is 5.82 Å². The number of hydrogen-bond donors (Lipinski definition) is 1. The van der Waals surface area contributed by atoms with Crippen molar-refractivity contribution in [3.8, 4) is 6.07 Å². The van der Waals surface area contributed by atoms with E-state index in [4.69, 9.17) is 11.0 Å². The van der Waals surface area contributed by atoms with Crippen LogP contribution in [0.1, 0.15) is 5.56 Å². The molecule has 5 heteroatoms. The number of fused-ring (bicyclic) bond motifs is 3. The van der Waals surface area contributed by atoms with Crippen LogP contribution in [0, 0.1) is 11.3 Å². The zero-order valence-corrected chi connectivity index (χ0v) is 8.25. The van der Waals surface area contributed by atoms with Gasteiger partial charge in [0.2, 0.25) is 0 Å². The van der Waals surface area contributed by atoms with E-state index in [0.717, 1.165) is 11.0 Å². The maximum atomic E-state index is 8.81. The first-order valence-electron chi connectivity index (χ1n) is 4.71. The van der Waals surface area contributed by atoms with Crippen LogP contribution in [0.25, 0.3) is 16.6 Å². The highest BCUT2D eigenvalue weighted by Crippen LogP contribution is 2.19. The Morgan fingerprint density at radius 3 is 3.00 bits per heavy atom. The summed E-state index contributed by atoms with van der Waals surface area (Å²) in [6, 6.07) is 7.38. The van der Waals surface area contributed by atoms with Gasteiger partial charge in [-0.15, -0.1) is 0 Å². The second-order valence-corrected chi connectivity index (χ2v) is 3.46. The van der Waals surface area contributed by atoms with Crippen molar-refractivity contribution in [2.24, 2.45) is 0 Å². The number of imidazole rings is 1. The molecule has 1 aromatic carbocycles. The summed E-state index contributed by atoms with van der Waals surface area (Å²) in [6.07, 6.45) is 3.35. The molecule has 0 unspecified atom stereocenters. The maximum absolute atomic E-state index is 8.81. The summed E-state index contributed by atoms with van der Waals surface area (Å²) in [6.45, 7) is 0. The molecule has 0 aliphatic heterocycles. The molecule has 0 aliphatic rings.